The number of carbonyl (C=O) groups is 2. The van der Waals surface area contributed by atoms with Gasteiger partial charge in [-0.3, -0.25) is 9.59 Å². The average molecular weight is 273 g/mol. The molecule has 11 heteroatoms. The minimum absolute atomic E-state index is 0.0231. The van der Waals surface area contributed by atoms with Gasteiger partial charge < -0.3 is 33.1 Å². The molecule has 1 heterocycles. The lowest BCUT2D eigenvalue weighted by Gasteiger charge is -2.01. The first kappa shape index (κ1) is 16.3. The van der Waals surface area contributed by atoms with Gasteiger partial charge in [-0.2, -0.15) is 15.0 Å². The molecule has 11 nitrogen and oxygen atoms in total. The first-order valence-corrected chi connectivity index (χ1v) is 4.95. The average Bonchev–Trinajstić information content (AvgIpc) is 2.24. The maximum absolute atomic E-state index is 9.99. The maximum Gasteiger partial charge on any atom is 0.320 e. The van der Waals surface area contributed by atoms with Gasteiger partial charge in [-0.1, -0.05) is 0 Å². The van der Waals surface area contributed by atoms with Crippen LogP contribution < -0.4 is 22.9 Å². The van der Waals surface area contributed by atoms with E-state index in [2.05, 4.69) is 15.0 Å². The second-order valence-corrected chi connectivity index (χ2v) is 3.29. The van der Waals surface area contributed by atoms with Gasteiger partial charge in [0, 0.05) is 6.42 Å². The number of rotatable bonds is 4. The van der Waals surface area contributed by atoms with Crippen LogP contribution in [-0.4, -0.2) is 43.1 Å². The molecule has 0 spiro atoms. The molecule has 0 radical (unpaired) electrons. The number of anilines is 3. The summed E-state index contributed by atoms with van der Waals surface area (Å²) in [6, 6.07) is -1.06. The standard InChI is InChI=1S/C5H9NO4.C3H6N6/c6-3(5(9)10)1-2-4(7)8;4-1-7-2(5)9-3(6)8-1/h3H,1-2,6H2,(H,7,8)(H,9,10);(H6,4,5,6,7,8,9). The van der Waals surface area contributed by atoms with E-state index in [0.717, 1.165) is 0 Å². The lowest BCUT2D eigenvalue weighted by molar-refractivity contribution is -0.139. The zero-order valence-electron chi connectivity index (χ0n) is 9.85. The Labute approximate surface area is 107 Å². The number of nitrogens with two attached hydrogens (primary N) is 4. The first-order chi connectivity index (χ1) is 8.72. The first-order valence-electron chi connectivity index (χ1n) is 4.95. The highest BCUT2D eigenvalue weighted by Crippen LogP contribution is 1.97. The molecule has 0 aliphatic rings. The van der Waals surface area contributed by atoms with Crippen molar-refractivity contribution in [2.45, 2.75) is 18.9 Å². The third-order valence-corrected chi connectivity index (χ3v) is 1.67. The molecule has 10 N–H and O–H groups in total. The summed E-state index contributed by atoms with van der Waals surface area (Å²) in [5.74, 6) is -2.07. The Morgan fingerprint density at radius 3 is 1.63 bits per heavy atom. The zero-order valence-corrected chi connectivity index (χ0v) is 9.85. The molecule has 0 saturated heterocycles. The predicted octanol–water partition coefficient (Wildman–Crippen LogP) is -2.12. The van der Waals surface area contributed by atoms with E-state index in [1.54, 1.807) is 0 Å². The highest BCUT2D eigenvalue weighted by molar-refractivity contribution is 5.74. The van der Waals surface area contributed by atoms with Gasteiger partial charge in [-0.15, -0.1) is 0 Å². The van der Waals surface area contributed by atoms with Crippen molar-refractivity contribution in [3.05, 3.63) is 0 Å². The highest BCUT2D eigenvalue weighted by atomic mass is 16.4. The van der Waals surface area contributed by atoms with Gasteiger partial charge in [0.1, 0.15) is 6.04 Å². The fourth-order valence-corrected chi connectivity index (χ4v) is 0.830. The number of nitrogens with zero attached hydrogens (tertiary/aromatic N) is 3. The number of hydrogen-bond donors (Lipinski definition) is 6. The topological polar surface area (TPSA) is 217 Å². The van der Waals surface area contributed by atoms with Gasteiger partial charge >= 0.3 is 11.9 Å². The van der Waals surface area contributed by atoms with Crippen molar-refractivity contribution in [2.75, 3.05) is 17.2 Å². The summed E-state index contributed by atoms with van der Waals surface area (Å²) >= 11 is 0. The van der Waals surface area contributed by atoms with Crippen LogP contribution in [0.5, 0.6) is 0 Å². The summed E-state index contributed by atoms with van der Waals surface area (Å²) in [5.41, 5.74) is 20.4. The third-order valence-electron chi connectivity index (χ3n) is 1.67. The van der Waals surface area contributed by atoms with Crippen molar-refractivity contribution < 1.29 is 19.8 Å². The monoisotopic (exact) mass is 273 g/mol. The van der Waals surface area contributed by atoms with Gasteiger partial charge in [-0.25, -0.2) is 0 Å². The Bertz CT molecular complexity index is 402. The molecular weight excluding hydrogens is 258 g/mol. The van der Waals surface area contributed by atoms with Crippen LogP contribution in [0.1, 0.15) is 12.8 Å². The summed E-state index contributed by atoms with van der Waals surface area (Å²) in [4.78, 5) is 30.3. The molecule has 0 saturated carbocycles. The number of carboxylic acid groups (broad SMARTS) is 2. The van der Waals surface area contributed by atoms with Gasteiger partial charge in [0.15, 0.2) is 0 Å². The number of aromatic nitrogens is 3. The lowest BCUT2D eigenvalue weighted by atomic mass is 10.2. The van der Waals surface area contributed by atoms with E-state index >= 15 is 0 Å². The minimum atomic E-state index is -1.17. The van der Waals surface area contributed by atoms with Crippen molar-refractivity contribution in [3.63, 3.8) is 0 Å². The summed E-state index contributed by atoms with van der Waals surface area (Å²) in [5, 5.41) is 16.3. The molecule has 1 aromatic heterocycles. The number of hydrogen-bond acceptors (Lipinski definition) is 9. The SMILES string of the molecule is NC(CCC(=O)O)C(=O)O.Nc1nc(N)nc(N)n1. The van der Waals surface area contributed by atoms with E-state index in [0.29, 0.717) is 0 Å². The van der Waals surface area contributed by atoms with Crippen LogP contribution >= 0.6 is 0 Å². The molecule has 19 heavy (non-hydrogen) atoms. The Balaban J connectivity index is 0.000000342. The smallest absolute Gasteiger partial charge is 0.320 e. The molecule has 0 aliphatic heterocycles. The van der Waals surface area contributed by atoms with Crippen molar-refractivity contribution in [1.29, 1.82) is 0 Å². The predicted molar refractivity (Wildman–Crippen MR) is 65.5 cm³/mol. The van der Waals surface area contributed by atoms with E-state index in [1.807, 2.05) is 0 Å². The summed E-state index contributed by atoms with van der Waals surface area (Å²) < 4.78 is 0. The molecule has 0 amide bonds. The van der Waals surface area contributed by atoms with Crippen LogP contribution in [-0.2, 0) is 9.59 Å². The normalized spacial score (nSPS) is 11.0. The van der Waals surface area contributed by atoms with Gasteiger partial charge in [0.25, 0.3) is 0 Å². The van der Waals surface area contributed by atoms with Crippen molar-refractivity contribution in [1.82, 2.24) is 15.0 Å². The van der Waals surface area contributed by atoms with Crippen LogP contribution in [0.2, 0.25) is 0 Å². The van der Waals surface area contributed by atoms with E-state index in [1.165, 1.54) is 0 Å². The van der Waals surface area contributed by atoms with Crippen LogP contribution in [0.4, 0.5) is 17.8 Å². The Morgan fingerprint density at radius 1 is 1.00 bits per heavy atom. The van der Waals surface area contributed by atoms with E-state index < -0.39 is 18.0 Å². The van der Waals surface area contributed by atoms with Crippen molar-refractivity contribution in [3.8, 4) is 0 Å². The van der Waals surface area contributed by atoms with E-state index in [4.69, 9.17) is 33.1 Å². The summed E-state index contributed by atoms with van der Waals surface area (Å²) in [6.45, 7) is 0. The van der Waals surface area contributed by atoms with Crippen molar-refractivity contribution >= 4 is 29.8 Å². The van der Waals surface area contributed by atoms with Crippen LogP contribution in [0, 0.1) is 0 Å². The zero-order chi connectivity index (χ0) is 15.0. The molecule has 1 unspecified atom stereocenters. The Kier molecular flexibility index (Phi) is 6.52. The fourth-order valence-electron chi connectivity index (χ4n) is 0.830. The van der Waals surface area contributed by atoms with Crippen LogP contribution in [0.15, 0.2) is 0 Å². The Hall–Kier alpha value is -2.69. The molecule has 0 fully saturated rings. The van der Waals surface area contributed by atoms with Gasteiger partial charge in [0.2, 0.25) is 17.8 Å². The van der Waals surface area contributed by atoms with Crippen LogP contribution in [0.25, 0.3) is 0 Å². The second kappa shape index (κ2) is 7.60. The number of nitrogen functional groups attached to an aromatic ring is 3. The number of aliphatic carboxylic acids is 2. The quantitative estimate of drug-likeness (QED) is 0.348. The summed E-state index contributed by atoms with van der Waals surface area (Å²) in [7, 11) is 0. The second-order valence-electron chi connectivity index (χ2n) is 3.29. The maximum atomic E-state index is 9.99. The van der Waals surface area contributed by atoms with E-state index in [-0.39, 0.29) is 30.7 Å². The molecule has 0 aromatic carbocycles. The third kappa shape index (κ3) is 8.09. The molecule has 1 aromatic rings. The molecule has 106 valence electrons. The summed E-state index contributed by atoms with van der Waals surface area (Å²) in [6.07, 6.45) is -0.224. The minimum Gasteiger partial charge on any atom is -0.481 e. The van der Waals surface area contributed by atoms with Gasteiger partial charge in [-0.05, 0) is 6.42 Å². The molecule has 1 rings (SSSR count). The Morgan fingerprint density at radius 2 is 1.37 bits per heavy atom. The molecular formula is C8H15N7O4. The molecule has 0 aliphatic carbocycles. The largest absolute Gasteiger partial charge is 0.481 e. The molecule has 0 bridgehead atoms. The molecule has 1 atom stereocenters. The highest BCUT2D eigenvalue weighted by Gasteiger charge is 2.12. The number of carboxylic acids is 2. The fraction of sp³-hybridized carbons (Fsp3) is 0.375. The lowest BCUT2D eigenvalue weighted by Crippen LogP contribution is -2.30. The van der Waals surface area contributed by atoms with Crippen LogP contribution in [0.3, 0.4) is 0 Å². The van der Waals surface area contributed by atoms with Gasteiger partial charge in [0.05, 0.1) is 0 Å². The van der Waals surface area contributed by atoms with Crippen molar-refractivity contribution in [2.24, 2.45) is 5.73 Å². The van der Waals surface area contributed by atoms with E-state index in [9.17, 15) is 9.59 Å².